The molecule has 0 aliphatic carbocycles. The van der Waals surface area contributed by atoms with Crippen molar-refractivity contribution >= 4 is 23.6 Å². The Kier molecular flexibility index (Phi) is 14.3. The second kappa shape index (κ2) is 19.3. The van der Waals surface area contributed by atoms with E-state index in [2.05, 4.69) is 29.6 Å². The highest BCUT2D eigenvalue weighted by Crippen LogP contribution is 2.41. The van der Waals surface area contributed by atoms with Gasteiger partial charge in [0, 0.05) is 42.0 Å². The highest BCUT2D eigenvalue weighted by Gasteiger charge is 2.32. The molecule has 4 aromatic carbocycles. The van der Waals surface area contributed by atoms with Crippen LogP contribution in [-0.2, 0) is 32.2 Å². The van der Waals surface area contributed by atoms with Crippen molar-refractivity contribution in [2.24, 2.45) is 0 Å². The Balaban J connectivity index is 1.23. The Hall–Kier alpha value is -4.19. The lowest BCUT2D eigenvalue weighted by Crippen LogP contribution is -2.31. The second-order valence-corrected chi connectivity index (χ2v) is 13.4. The molecular formula is C40H46N2O7S. The van der Waals surface area contributed by atoms with E-state index in [0.717, 1.165) is 69.0 Å². The molecule has 1 aliphatic rings. The van der Waals surface area contributed by atoms with Crippen LogP contribution in [0.15, 0.2) is 102 Å². The van der Waals surface area contributed by atoms with Crippen LogP contribution in [0.2, 0.25) is 0 Å². The van der Waals surface area contributed by atoms with Crippen LogP contribution < -0.4 is 15.5 Å². The van der Waals surface area contributed by atoms with Gasteiger partial charge in [-0.1, -0.05) is 97.8 Å². The van der Waals surface area contributed by atoms with E-state index < -0.39 is 6.29 Å². The van der Waals surface area contributed by atoms with Gasteiger partial charge >= 0.3 is 0 Å². The third-order valence-corrected chi connectivity index (χ3v) is 9.97. The standard InChI is InChI=1S/C40H46N2O7S/c1-47-35-12-8-9-13-37(35)50-27-33-24-36(30-18-16-28(26-43)17-19-30)49-40(48-33)31-22-20-29(21-23-31)34-11-7-6-10-32(34)25-41-38(44)14-4-2-3-5-15-39(45)42-46/h6-13,16-23,33,36,40,43,46H,2-5,14-15,24-27H2,1H3,(H,41,44)(H,42,45)/t33-,36+,40+/m0/s1. The number of methoxy groups -OCH3 is 1. The summed E-state index contributed by atoms with van der Waals surface area (Å²) in [6.45, 7) is 0.415. The molecule has 1 aliphatic heterocycles. The summed E-state index contributed by atoms with van der Waals surface area (Å²) in [5.41, 5.74) is 7.55. The molecule has 2 amide bonds. The van der Waals surface area contributed by atoms with E-state index in [-0.39, 0.29) is 37.0 Å². The van der Waals surface area contributed by atoms with Crippen molar-refractivity contribution < 1.29 is 34.1 Å². The van der Waals surface area contributed by atoms with Crippen molar-refractivity contribution in [3.8, 4) is 16.9 Å². The molecule has 1 heterocycles. The molecule has 50 heavy (non-hydrogen) atoms. The molecule has 4 N–H and O–H groups in total. The van der Waals surface area contributed by atoms with Gasteiger partial charge < -0.3 is 24.6 Å². The average Bonchev–Trinajstić information content (AvgIpc) is 3.17. The largest absolute Gasteiger partial charge is 0.496 e. The van der Waals surface area contributed by atoms with E-state index >= 15 is 0 Å². The Morgan fingerprint density at radius 3 is 2.22 bits per heavy atom. The van der Waals surface area contributed by atoms with Crippen LogP contribution in [0.5, 0.6) is 5.75 Å². The normalized spacial score (nSPS) is 17.2. The summed E-state index contributed by atoms with van der Waals surface area (Å²) in [5.74, 6) is 1.18. The highest BCUT2D eigenvalue weighted by atomic mass is 32.2. The maximum Gasteiger partial charge on any atom is 0.243 e. The van der Waals surface area contributed by atoms with Gasteiger partial charge in [-0.25, -0.2) is 5.48 Å². The molecule has 264 valence electrons. The summed E-state index contributed by atoms with van der Waals surface area (Å²) in [7, 11) is 1.68. The van der Waals surface area contributed by atoms with E-state index in [1.807, 2.05) is 72.8 Å². The third kappa shape index (κ3) is 10.7. The molecule has 3 atom stereocenters. The van der Waals surface area contributed by atoms with Crippen molar-refractivity contribution in [2.75, 3.05) is 12.9 Å². The number of unbranched alkanes of at least 4 members (excludes halogenated alkanes) is 3. The zero-order valence-electron chi connectivity index (χ0n) is 28.4. The maximum absolute atomic E-state index is 12.6. The molecule has 1 fully saturated rings. The van der Waals surface area contributed by atoms with Gasteiger partial charge in [0.2, 0.25) is 11.8 Å². The monoisotopic (exact) mass is 698 g/mol. The number of amides is 2. The van der Waals surface area contributed by atoms with Crippen LogP contribution in [0, 0.1) is 0 Å². The quantitative estimate of drug-likeness (QED) is 0.0384. The van der Waals surface area contributed by atoms with Gasteiger partial charge in [0.25, 0.3) is 0 Å². The Labute approximate surface area is 298 Å². The molecule has 1 saturated heterocycles. The van der Waals surface area contributed by atoms with Crippen LogP contribution in [-0.4, -0.2) is 41.1 Å². The van der Waals surface area contributed by atoms with E-state index in [1.165, 1.54) is 0 Å². The van der Waals surface area contributed by atoms with Crippen molar-refractivity contribution in [1.82, 2.24) is 10.8 Å². The minimum absolute atomic E-state index is 0.00571. The number of para-hydroxylation sites is 1. The van der Waals surface area contributed by atoms with Crippen molar-refractivity contribution in [3.63, 3.8) is 0 Å². The number of ether oxygens (including phenoxy) is 3. The number of rotatable bonds is 17. The molecule has 4 aromatic rings. The summed E-state index contributed by atoms with van der Waals surface area (Å²) in [6, 6.07) is 32.2. The molecule has 10 heteroatoms. The molecule has 0 spiro atoms. The maximum atomic E-state index is 12.6. The van der Waals surface area contributed by atoms with Crippen LogP contribution in [0.25, 0.3) is 11.1 Å². The second-order valence-electron chi connectivity index (χ2n) is 12.3. The Bertz CT molecular complexity index is 1670. The van der Waals surface area contributed by atoms with Crippen LogP contribution in [0.3, 0.4) is 0 Å². The number of aliphatic hydroxyl groups is 1. The lowest BCUT2D eigenvalue weighted by atomic mass is 9.97. The predicted molar refractivity (Wildman–Crippen MR) is 193 cm³/mol. The number of aliphatic hydroxyl groups excluding tert-OH is 1. The predicted octanol–water partition coefficient (Wildman–Crippen LogP) is 7.65. The summed E-state index contributed by atoms with van der Waals surface area (Å²) in [6.07, 6.45) is 3.69. The third-order valence-electron chi connectivity index (χ3n) is 8.78. The van der Waals surface area contributed by atoms with Gasteiger partial charge in [-0.05, 0) is 52.8 Å². The van der Waals surface area contributed by atoms with Crippen molar-refractivity contribution in [2.45, 2.75) is 81.5 Å². The number of thioether (sulfide) groups is 1. The van der Waals surface area contributed by atoms with Crippen LogP contribution in [0.4, 0.5) is 0 Å². The molecule has 0 saturated carbocycles. The van der Waals surface area contributed by atoms with Gasteiger partial charge in [0.1, 0.15) is 5.75 Å². The summed E-state index contributed by atoms with van der Waals surface area (Å²) < 4.78 is 18.7. The van der Waals surface area contributed by atoms with Gasteiger partial charge in [0.05, 0.1) is 25.9 Å². The fraction of sp³-hybridized carbons (Fsp3) is 0.350. The first-order valence-electron chi connectivity index (χ1n) is 17.1. The minimum atomic E-state index is -0.565. The minimum Gasteiger partial charge on any atom is -0.496 e. The molecule has 5 rings (SSSR count). The average molecular weight is 699 g/mol. The van der Waals surface area contributed by atoms with Gasteiger partial charge in [-0.15, -0.1) is 11.8 Å². The topological polar surface area (TPSA) is 126 Å². The van der Waals surface area contributed by atoms with Crippen LogP contribution in [0.1, 0.15) is 79.6 Å². The molecule has 0 bridgehead atoms. The molecular weight excluding hydrogens is 653 g/mol. The smallest absolute Gasteiger partial charge is 0.243 e. The summed E-state index contributed by atoms with van der Waals surface area (Å²) >= 11 is 1.71. The van der Waals surface area contributed by atoms with E-state index in [1.54, 1.807) is 24.4 Å². The number of carbonyl (C=O) groups is 2. The number of hydrogen-bond acceptors (Lipinski definition) is 8. The molecule has 0 radical (unpaired) electrons. The molecule has 0 unspecified atom stereocenters. The first-order valence-corrected chi connectivity index (χ1v) is 18.1. The van der Waals surface area contributed by atoms with E-state index in [9.17, 15) is 14.7 Å². The van der Waals surface area contributed by atoms with Crippen molar-refractivity contribution in [3.05, 3.63) is 119 Å². The fourth-order valence-corrected chi connectivity index (χ4v) is 7.03. The molecule has 0 aromatic heterocycles. The molecule has 9 nitrogen and oxygen atoms in total. The van der Waals surface area contributed by atoms with Gasteiger partial charge in [-0.3, -0.25) is 14.8 Å². The lowest BCUT2D eigenvalue weighted by Gasteiger charge is -2.36. The summed E-state index contributed by atoms with van der Waals surface area (Å²) in [5, 5.41) is 21.2. The van der Waals surface area contributed by atoms with Crippen LogP contribution >= 0.6 is 11.8 Å². The highest BCUT2D eigenvalue weighted by molar-refractivity contribution is 7.99. The zero-order valence-corrected chi connectivity index (χ0v) is 29.2. The fourth-order valence-electron chi connectivity index (χ4n) is 5.98. The van der Waals surface area contributed by atoms with Gasteiger partial charge in [0.15, 0.2) is 6.29 Å². The number of hydroxylamine groups is 1. The Morgan fingerprint density at radius 2 is 1.50 bits per heavy atom. The SMILES string of the molecule is COc1ccccc1SC[C@@H]1C[C@H](c2ccc(CO)cc2)O[C@H](c2ccc(-c3ccccc3CNC(=O)CCCCCCC(=O)NO)cc2)O1. The number of benzene rings is 4. The summed E-state index contributed by atoms with van der Waals surface area (Å²) in [4.78, 5) is 24.7. The number of carbonyl (C=O) groups excluding carboxylic acids is 2. The first kappa shape index (κ1) is 37.1. The number of hydrogen-bond donors (Lipinski definition) is 4. The lowest BCUT2D eigenvalue weighted by molar-refractivity contribution is -0.245. The van der Waals surface area contributed by atoms with Crippen molar-refractivity contribution in [1.29, 1.82) is 0 Å². The van der Waals surface area contributed by atoms with Gasteiger partial charge in [-0.2, -0.15) is 0 Å². The zero-order chi connectivity index (χ0) is 35.1. The first-order chi connectivity index (χ1) is 24.5. The van der Waals surface area contributed by atoms with E-state index in [0.29, 0.717) is 25.8 Å². The number of nitrogens with one attached hydrogen (secondary N) is 2. The van der Waals surface area contributed by atoms with E-state index in [4.69, 9.17) is 19.4 Å². The Morgan fingerprint density at radius 1 is 0.820 bits per heavy atom.